The number of quaternary nitrogens is 1. The van der Waals surface area contributed by atoms with Crippen molar-refractivity contribution in [3.63, 3.8) is 0 Å². The van der Waals surface area contributed by atoms with Crippen LogP contribution >= 0.6 is 0 Å². The Kier molecular flexibility index (Phi) is 16.6. The molecule has 0 bridgehead atoms. The van der Waals surface area contributed by atoms with E-state index >= 15 is 0 Å². The quantitative estimate of drug-likeness (QED) is 0.0956. The Morgan fingerprint density at radius 3 is 0.951 bits per heavy atom. The Bertz CT molecular complexity index is 7850. The van der Waals surface area contributed by atoms with E-state index in [1.54, 1.807) is 0 Å². The molecule has 3 aliphatic heterocycles. The van der Waals surface area contributed by atoms with Crippen molar-refractivity contribution in [2.24, 2.45) is 0 Å². The van der Waals surface area contributed by atoms with Crippen LogP contribution in [0.3, 0.4) is 0 Å². The minimum absolute atomic E-state index is 0.712. The number of nitrogens with zero attached hydrogens (tertiary/aromatic N) is 8. The molecule has 0 amide bonds. The van der Waals surface area contributed by atoms with E-state index in [2.05, 4.69) is 459 Å². The van der Waals surface area contributed by atoms with Crippen LogP contribution < -0.4 is 39.9 Å². The number of aromatic nitrogens is 7. The van der Waals surface area contributed by atoms with Crippen LogP contribution in [-0.2, 0) is 0 Å². The third kappa shape index (κ3) is 10.7. The Balaban J connectivity index is 0.000000138. The van der Waals surface area contributed by atoms with Gasteiger partial charge in [0.25, 0.3) is 0 Å². The fourth-order valence-electron chi connectivity index (χ4n) is 20.8. The van der Waals surface area contributed by atoms with E-state index in [0.717, 1.165) is 73.5 Å². The molecule has 0 saturated heterocycles. The normalized spacial score (nSPS) is 13.5. The molecular formula is C112H77Ge2N8+. The Morgan fingerprint density at radius 1 is 0.221 bits per heavy atom. The van der Waals surface area contributed by atoms with Crippen LogP contribution in [-0.4, -0.2) is 74.3 Å². The molecule has 22 aromatic rings. The van der Waals surface area contributed by atoms with E-state index < -0.39 is 26.5 Å². The van der Waals surface area contributed by atoms with Crippen molar-refractivity contribution in [2.75, 3.05) is 14.1 Å². The average molecular weight is 1680 g/mol. The standard InChI is InChI=1S/C58H38GeN4.C54H39GeN4/c1-5-19-40(20-6-1)58-60-56(55-47-29-13-16-30-50(47)59(57(55)61-58,41-21-7-2-8-22-41)42-23-9-3-10-24-42)39-33-35-44(36-34-39)63-52-32-18-15-28-46(52)49-37-48-45-27-14-17-31-51(45)62(53(48)38-54(49)63)43-25-11-4-12-26-43;1-59(2)49-29-17-14-25-42(49)45-34-44-41-24-13-16-28-47(41)58(48(44)35-50(45)59)40-32-30-36(31-33-40)52-51-43-26-12-15-27-46(43)55(38-20-8-4-9-21-38,39-22-10-5-11-23-39)53(51)57-54(56-52)37-18-6-3-7-19-37/h1-38H;3-35H,1-2H3/q;+1. The molecule has 122 heavy (non-hydrogen) atoms. The molecule has 0 aliphatic carbocycles. The summed E-state index contributed by atoms with van der Waals surface area (Å²) < 4.78 is 18.6. The number of para-hydroxylation sites is 5. The van der Waals surface area contributed by atoms with Gasteiger partial charge in [-0.2, -0.15) is 0 Å². The van der Waals surface area contributed by atoms with Crippen LogP contribution in [0.5, 0.6) is 0 Å². The fourth-order valence-corrected chi connectivity index (χ4v) is 41.8. The Labute approximate surface area is 711 Å². The maximum absolute atomic E-state index is 5.69. The Morgan fingerprint density at radius 2 is 0.541 bits per heavy atom. The van der Waals surface area contributed by atoms with E-state index in [4.69, 9.17) is 19.9 Å². The first-order valence-electron chi connectivity index (χ1n) is 41.9. The van der Waals surface area contributed by atoms with Gasteiger partial charge in [0, 0.05) is 22.7 Å². The summed E-state index contributed by atoms with van der Waals surface area (Å²) in [5.74, 6) is 1.51. The van der Waals surface area contributed by atoms with Gasteiger partial charge in [-0.15, -0.1) is 0 Å². The Hall–Kier alpha value is -14.7. The van der Waals surface area contributed by atoms with Gasteiger partial charge in [0.1, 0.15) is 5.69 Å². The van der Waals surface area contributed by atoms with E-state index in [9.17, 15) is 0 Å². The molecule has 0 atom stereocenters. The van der Waals surface area contributed by atoms with Gasteiger partial charge in [-0.25, -0.2) is 0 Å². The summed E-state index contributed by atoms with van der Waals surface area (Å²) in [4.78, 5) is 22.4. The molecule has 10 heteroatoms. The fraction of sp³-hybridized carbons (Fsp3) is 0.0179. The van der Waals surface area contributed by atoms with Gasteiger partial charge in [0.05, 0.1) is 19.6 Å². The number of rotatable bonds is 11. The molecule has 0 unspecified atom stereocenters. The molecule has 0 spiro atoms. The predicted molar refractivity (Wildman–Crippen MR) is 513 cm³/mol. The van der Waals surface area contributed by atoms with Crippen molar-refractivity contribution in [3.8, 4) is 95.7 Å². The van der Waals surface area contributed by atoms with Gasteiger partial charge in [-0.05, 0) is 24.3 Å². The summed E-state index contributed by atoms with van der Waals surface area (Å²) >= 11 is -7.32. The zero-order valence-electron chi connectivity index (χ0n) is 67.1. The molecule has 8 heterocycles. The van der Waals surface area contributed by atoms with Crippen LogP contribution in [0.15, 0.2) is 431 Å². The maximum atomic E-state index is 5.69. The third-order valence-corrected chi connectivity index (χ3v) is 45.9. The molecule has 3 aliphatic rings. The van der Waals surface area contributed by atoms with Crippen LogP contribution in [0, 0.1) is 0 Å². The van der Waals surface area contributed by atoms with Crippen LogP contribution in [0.2, 0.25) is 0 Å². The third-order valence-electron chi connectivity index (χ3n) is 26.1. The molecule has 0 radical (unpaired) electrons. The number of fused-ring (bicyclic) bond motifs is 18. The first-order chi connectivity index (χ1) is 60.3. The van der Waals surface area contributed by atoms with E-state index in [1.165, 1.54) is 134 Å². The SMILES string of the molecule is C[N+]1(C)c2ccccc2-c2cc3c4ccccc4n(-c4ccc(-c5nc(-c6ccccc6)n[c]6c5-c5cccc[c]5[Ge]6([c]5ccccc5)[c]5ccccc5)cc4)c3cc21.c1ccc(-c2nc(-c3ccc(-n4c5ccccc5c5cc6c7ccccc7n(-c7ccccc7)c6cc54)cc3)c3[c](n2)[Ge]([c]2ccccc2)([c]2ccccc2)[c]2ccccc2-3)cc1. The topological polar surface area (TPSA) is 66.3 Å². The predicted octanol–water partition coefficient (Wildman–Crippen LogP) is 21.5. The van der Waals surface area contributed by atoms with Gasteiger partial charge in [0.15, 0.2) is 0 Å². The molecular weight excluding hydrogens is 1600 g/mol. The first-order valence-corrected chi connectivity index (χ1v) is 50.3. The molecule has 5 aromatic heterocycles. The van der Waals surface area contributed by atoms with Gasteiger partial charge < -0.3 is 0 Å². The minimum atomic E-state index is -3.67. The van der Waals surface area contributed by atoms with Crippen molar-refractivity contribution in [1.82, 2.24) is 38.1 Å². The number of benzene rings is 17. The molecule has 0 saturated carbocycles. The van der Waals surface area contributed by atoms with Crippen molar-refractivity contribution in [3.05, 3.63) is 431 Å². The van der Waals surface area contributed by atoms with Crippen LogP contribution in [0.1, 0.15) is 0 Å². The monoisotopic (exact) mass is 1680 g/mol. The summed E-state index contributed by atoms with van der Waals surface area (Å²) in [6.45, 7) is 0. The van der Waals surface area contributed by atoms with Crippen molar-refractivity contribution >= 4 is 139 Å². The van der Waals surface area contributed by atoms with E-state index in [0.29, 0.717) is 4.48 Å². The van der Waals surface area contributed by atoms with Crippen molar-refractivity contribution < 1.29 is 0 Å². The van der Waals surface area contributed by atoms with Gasteiger partial charge in [0.2, 0.25) is 0 Å². The first kappa shape index (κ1) is 71.5. The van der Waals surface area contributed by atoms with Crippen molar-refractivity contribution in [1.29, 1.82) is 0 Å². The second-order valence-corrected chi connectivity index (χ2v) is 48.1. The molecule has 572 valence electrons. The summed E-state index contributed by atoms with van der Waals surface area (Å²) in [5.41, 5.74) is 26.7. The molecule has 25 rings (SSSR count). The van der Waals surface area contributed by atoms with Crippen LogP contribution in [0.4, 0.5) is 11.4 Å². The summed E-state index contributed by atoms with van der Waals surface area (Å²) in [6, 6.07) is 157. The summed E-state index contributed by atoms with van der Waals surface area (Å²) in [5, 5.41) is 7.49. The molecule has 0 fully saturated rings. The molecule has 17 aromatic carbocycles. The van der Waals surface area contributed by atoms with Gasteiger partial charge in [-0.1, -0.05) is 48.5 Å². The van der Waals surface area contributed by atoms with Crippen molar-refractivity contribution in [2.45, 2.75) is 0 Å². The second-order valence-electron chi connectivity index (χ2n) is 32.8. The van der Waals surface area contributed by atoms with E-state index in [1.807, 2.05) is 0 Å². The zero-order valence-corrected chi connectivity index (χ0v) is 71.3. The molecule has 8 nitrogen and oxygen atoms in total. The van der Waals surface area contributed by atoms with Gasteiger partial charge >= 0.3 is 597 Å². The van der Waals surface area contributed by atoms with Crippen LogP contribution in [0.25, 0.3) is 161 Å². The molecule has 0 N–H and O–H groups in total. The summed E-state index contributed by atoms with van der Waals surface area (Å²) in [7, 11) is 4.60. The zero-order chi connectivity index (χ0) is 80.8. The second kappa shape index (κ2) is 28.3. The van der Waals surface area contributed by atoms with Gasteiger partial charge in [-0.3, -0.25) is 0 Å². The number of hydrogen-bond acceptors (Lipinski definition) is 4. The average Bonchev–Trinajstić information content (AvgIpc) is 1.53. The number of hydrogen-bond donors (Lipinski definition) is 0. The summed E-state index contributed by atoms with van der Waals surface area (Å²) in [6.07, 6.45) is 0. The van der Waals surface area contributed by atoms with E-state index in [-0.39, 0.29) is 0 Å².